The minimum atomic E-state index is -3.41. The normalized spacial score (nSPS) is 11.4. The van der Waals surface area contributed by atoms with E-state index in [1.165, 1.54) is 15.6 Å². The van der Waals surface area contributed by atoms with Gasteiger partial charge >= 0.3 is 0 Å². The van der Waals surface area contributed by atoms with E-state index in [-0.39, 0.29) is 0 Å². The van der Waals surface area contributed by atoms with Gasteiger partial charge in [0, 0.05) is 7.05 Å². The van der Waals surface area contributed by atoms with Crippen LogP contribution >= 0.6 is 11.3 Å². The summed E-state index contributed by atoms with van der Waals surface area (Å²) in [5.41, 5.74) is 1.78. The highest BCUT2D eigenvalue weighted by molar-refractivity contribution is 7.94. The van der Waals surface area contributed by atoms with Gasteiger partial charge in [-0.3, -0.25) is 4.31 Å². The first-order valence-corrected chi connectivity index (χ1v) is 7.43. The first-order chi connectivity index (χ1) is 8.01. The second-order valence-corrected chi connectivity index (χ2v) is 6.88. The van der Waals surface area contributed by atoms with Crippen LogP contribution in [0.2, 0.25) is 0 Å². The summed E-state index contributed by atoms with van der Waals surface area (Å²) >= 11 is 1.23. The van der Waals surface area contributed by atoms with Gasteiger partial charge in [0.25, 0.3) is 10.0 Å². The van der Waals surface area contributed by atoms with Crippen LogP contribution < -0.4 is 4.31 Å². The summed E-state index contributed by atoms with van der Waals surface area (Å²) < 4.78 is 26.1. The Morgan fingerprint density at radius 1 is 1.12 bits per heavy atom. The highest BCUT2D eigenvalue weighted by atomic mass is 32.2. The lowest BCUT2D eigenvalue weighted by Gasteiger charge is -2.18. The molecule has 17 heavy (non-hydrogen) atoms. The largest absolute Gasteiger partial charge is 0.273 e. The molecule has 0 aliphatic heterocycles. The number of anilines is 1. The van der Waals surface area contributed by atoms with Gasteiger partial charge in [-0.2, -0.15) is 0 Å². The van der Waals surface area contributed by atoms with E-state index in [1.54, 1.807) is 36.7 Å². The molecule has 90 valence electrons. The van der Waals surface area contributed by atoms with Crippen LogP contribution in [0.15, 0.2) is 46.0 Å². The van der Waals surface area contributed by atoms with E-state index < -0.39 is 10.0 Å². The average molecular weight is 267 g/mol. The maximum atomic E-state index is 12.2. The molecule has 0 atom stereocenters. The van der Waals surface area contributed by atoms with Gasteiger partial charge in [0.1, 0.15) is 4.21 Å². The molecular formula is C12H13NO2S2. The topological polar surface area (TPSA) is 37.4 Å². The van der Waals surface area contributed by atoms with Crippen molar-refractivity contribution in [3.63, 3.8) is 0 Å². The molecule has 2 rings (SSSR count). The molecule has 0 amide bonds. The van der Waals surface area contributed by atoms with Crippen molar-refractivity contribution in [2.45, 2.75) is 11.1 Å². The van der Waals surface area contributed by atoms with Gasteiger partial charge in [-0.05, 0) is 30.5 Å². The number of thiophene rings is 1. The lowest BCUT2D eigenvalue weighted by Crippen LogP contribution is -2.25. The molecule has 0 bridgehead atoms. The lowest BCUT2D eigenvalue weighted by atomic mass is 10.2. The summed E-state index contributed by atoms with van der Waals surface area (Å²) in [6, 6.07) is 10.8. The van der Waals surface area contributed by atoms with Gasteiger partial charge in [0.2, 0.25) is 0 Å². The molecule has 0 aliphatic rings. The van der Waals surface area contributed by atoms with Crippen molar-refractivity contribution in [1.82, 2.24) is 0 Å². The van der Waals surface area contributed by atoms with Gasteiger partial charge in [0.15, 0.2) is 0 Å². The van der Waals surface area contributed by atoms with Crippen LogP contribution in [0.5, 0.6) is 0 Å². The van der Waals surface area contributed by atoms with E-state index in [1.807, 2.05) is 19.1 Å². The molecule has 1 aromatic heterocycles. The average Bonchev–Trinajstić information content (AvgIpc) is 2.83. The standard InChI is InChI=1S/C12H13NO2S2/c1-10-5-7-11(8-6-10)13(2)17(14,15)12-4-3-9-16-12/h3-9H,1-2H3. The molecule has 0 N–H and O–H groups in total. The van der Waals surface area contributed by atoms with Crippen LogP contribution in [0, 0.1) is 6.92 Å². The second kappa shape index (κ2) is 4.50. The predicted molar refractivity (Wildman–Crippen MR) is 71.1 cm³/mol. The molecule has 1 aromatic carbocycles. The van der Waals surface area contributed by atoms with Gasteiger partial charge in [-0.15, -0.1) is 11.3 Å². The third-order valence-electron chi connectivity index (χ3n) is 2.51. The predicted octanol–water partition coefficient (Wildman–Crippen LogP) is 2.88. The highest BCUT2D eigenvalue weighted by Crippen LogP contribution is 2.24. The van der Waals surface area contributed by atoms with Crippen molar-refractivity contribution < 1.29 is 8.42 Å². The zero-order valence-corrected chi connectivity index (χ0v) is 11.3. The van der Waals surface area contributed by atoms with Crippen LogP contribution in [-0.2, 0) is 10.0 Å². The Labute approximate surface area is 105 Å². The van der Waals surface area contributed by atoms with Crippen LogP contribution in [-0.4, -0.2) is 15.5 Å². The summed E-state index contributed by atoms with van der Waals surface area (Å²) in [5.74, 6) is 0. The summed E-state index contributed by atoms with van der Waals surface area (Å²) in [6.07, 6.45) is 0. The molecular weight excluding hydrogens is 254 g/mol. The van der Waals surface area contributed by atoms with Crippen molar-refractivity contribution in [3.05, 3.63) is 47.3 Å². The first kappa shape index (κ1) is 12.1. The molecule has 0 aliphatic carbocycles. The monoisotopic (exact) mass is 267 g/mol. The van der Waals surface area contributed by atoms with Crippen molar-refractivity contribution in [2.75, 3.05) is 11.4 Å². The molecule has 5 heteroatoms. The SMILES string of the molecule is Cc1ccc(N(C)S(=O)(=O)c2cccs2)cc1. The van der Waals surface area contributed by atoms with Crippen molar-refractivity contribution >= 4 is 27.0 Å². The molecule has 0 unspecified atom stereocenters. The zero-order chi connectivity index (χ0) is 12.5. The minimum absolute atomic E-state index is 0.362. The smallest absolute Gasteiger partial charge is 0.269 e. The highest BCUT2D eigenvalue weighted by Gasteiger charge is 2.21. The van der Waals surface area contributed by atoms with Gasteiger partial charge in [0.05, 0.1) is 5.69 Å². The third kappa shape index (κ3) is 2.35. The van der Waals surface area contributed by atoms with E-state index in [4.69, 9.17) is 0 Å². The maximum Gasteiger partial charge on any atom is 0.273 e. The Bertz CT molecular complexity index is 586. The van der Waals surface area contributed by atoms with E-state index in [0.717, 1.165) is 5.56 Å². The van der Waals surface area contributed by atoms with Crippen LogP contribution in [0.25, 0.3) is 0 Å². The van der Waals surface area contributed by atoms with Crippen molar-refractivity contribution in [1.29, 1.82) is 0 Å². The summed E-state index contributed by atoms with van der Waals surface area (Å²) in [4.78, 5) is 0. The number of sulfonamides is 1. The third-order valence-corrected chi connectivity index (χ3v) is 5.67. The fourth-order valence-electron chi connectivity index (χ4n) is 1.44. The molecule has 0 spiro atoms. The number of hydrogen-bond acceptors (Lipinski definition) is 3. The van der Waals surface area contributed by atoms with Crippen LogP contribution in [0.4, 0.5) is 5.69 Å². The number of benzene rings is 1. The lowest BCUT2D eigenvalue weighted by molar-refractivity contribution is 0.596. The second-order valence-electron chi connectivity index (χ2n) is 3.74. The van der Waals surface area contributed by atoms with E-state index >= 15 is 0 Å². The fourth-order valence-corrected chi connectivity index (χ4v) is 3.80. The Kier molecular flexibility index (Phi) is 3.22. The summed E-state index contributed by atoms with van der Waals surface area (Å²) in [7, 11) is -1.84. The maximum absolute atomic E-state index is 12.2. The Morgan fingerprint density at radius 2 is 1.76 bits per heavy atom. The van der Waals surface area contributed by atoms with E-state index in [2.05, 4.69) is 0 Å². The Morgan fingerprint density at radius 3 is 2.29 bits per heavy atom. The van der Waals surface area contributed by atoms with Crippen molar-refractivity contribution in [3.8, 4) is 0 Å². The zero-order valence-electron chi connectivity index (χ0n) is 9.62. The number of aryl methyl sites for hydroxylation is 1. The summed E-state index contributed by atoms with van der Waals surface area (Å²) in [6.45, 7) is 1.97. The fraction of sp³-hybridized carbons (Fsp3) is 0.167. The van der Waals surface area contributed by atoms with Gasteiger partial charge in [-0.1, -0.05) is 23.8 Å². The molecule has 3 nitrogen and oxygen atoms in total. The molecule has 0 radical (unpaired) electrons. The van der Waals surface area contributed by atoms with Crippen molar-refractivity contribution in [2.24, 2.45) is 0 Å². The van der Waals surface area contributed by atoms with Gasteiger partial charge < -0.3 is 0 Å². The molecule has 2 aromatic rings. The quantitative estimate of drug-likeness (QED) is 0.857. The number of nitrogens with zero attached hydrogens (tertiary/aromatic N) is 1. The van der Waals surface area contributed by atoms with Crippen LogP contribution in [0.1, 0.15) is 5.56 Å². The Balaban J connectivity index is 2.38. The van der Waals surface area contributed by atoms with Crippen LogP contribution in [0.3, 0.4) is 0 Å². The van der Waals surface area contributed by atoms with E-state index in [9.17, 15) is 8.42 Å². The first-order valence-electron chi connectivity index (χ1n) is 5.11. The Hall–Kier alpha value is -1.33. The molecule has 0 fully saturated rings. The van der Waals surface area contributed by atoms with E-state index in [0.29, 0.717) is 9.90 Å². The number of hydrogen-bond donors (Lipinski definition) is 0. The minimum Gasteiger partial charge on any atom is -0.269 e. The van der Waals surface area contributed by atoms with Gasteiger partial charge in [-0.25, -0.2) is 8.42 Å². The molecule has 1 heterocycles. The number of rotatable bonds is 3. The molecule has 0 saturated heterocycles. The summed E-state index contributed by atoms with van der Waals surface area (Å²) in [5, 5.41) is 1.76. The molecule has 0 saturated carbocycles.